The van der Waals surface area contributed by atoms with Crippen molar-refractivity contribution in [2.75, 3.05) is 13.1 Å². The predicted octanol–water partition coefficient (Wildman–Crippen LogP) is 2.27. The van der Waals surface area contributed by atoms with Crippen LogP contribution in [0.1, 0.15) is 18.4 Å². The predicted molar refractivity (Wildman–Crippen MR) is 109 cm³/mol. The van der Waals surface area contributed by atoms with E-state index in [4.69, 9.17) is 11.6 Å². The van der Waals surface area contributed by atoms with Crippen molar-refractivity contribution in [2.24, 2.45) is 5.92 Å². The minimum Gasteiger partial charge on any atom is -0.273 e. The Morgan fingerprint density at radius 3 is 2.30 bits per heavy atom. The lowest BCUT2D eigenvalue weighted by Gasteiger charge is -2.30. The van der Waals surface area contributed by atoms with E-state index >= 15 is 0 Å². The fourth-order valence-corrected chi connectivity index (χ4v) is 4.88. The molecule has 10 heteroatoms. The van der Waals surface area contributed by atoms with E-state index < -0.39 is 21.8 Å². The van der Waals surface area contributed by atoms with E-state index in [0.29, 0.717) is 5.02 Å². The smallest absolute Gasteiger partial charge is 0.245 e. The molecule has 2 aromatic carbocycles. The fraction of sp³-hybridized carbons (Fsp3) is 0.300. The Kier molecular flexibility index (Phi) is 7.06. The average molecular weight is 454 g/mol. The van der Waals surface area contributed by atoms with Gasteiger partial charge in [-0.05, 0) is 42.7 Å². The topological polar surface area (TPSA) is 95.6 Å². The molecule has 2 aromatic rings. The number of hydrazine groups is 1. The highest BCUT2D eigenvalue weighted by molar-refractivity contribution is 7.89. The highest BCUT2D eigenvalue weighted by Gasteiger charge is 2.33. The molecule has 0 unspecified atom stereocenters. The number of benzene rings is 2. The van der Waals surface area contributed by atoms with Crippen molar-refractivity contribution in [1.82, 2.24) is 15.2 Å². The van der Waals surface area contributed by atoms with Crippen molar-refractivity contribution in [3.05, 3.63) is 64.9 Å². The zero-order chi connectivity index (χ0) is 21.7. The van der Waals surface area contributed by atoms with Crippen molar-refractivity contribution in [1.29, 1.82) is 0 Å². The van der Waals surface area contributed by atoms with Gasteiger partial charge in [-0.1, -0.05) is 35.9 Å². The second kappa shape index (κ2) is 9.55. The first kappa shape index (κ1) is 22.2. The maximum absolute atomic E-state index is 13.9. The molecule has 1 aliphatic heterocycles. The van der Waals surface area contributed by atoms with Crippen LogP contribution in [-0.2, 0) is 26.0 Å². The Morgan fingerprint density at radius 2 is 1.67 bits per heavy atom. The summed E-state index contributed by atoms with van der Waals surface area (Å²) >= 11 is 5.80. The van der Waals surface area contributed by atoms with Crippen LogP contribution in [0.5, 0.6) is 0 Å². The van der Waals surface area contributed by atoms with Crippen LogP contribution in [0.25, 0.3) is 0 Å². The lowest BCUT2D eigenvalue weighted by atomic mass is 9.98. The molecule has 1 heterocycles. The Labute approximate surface area is 179 Å². The van der Waals surface area contributed by atoms with Gasteiger partial charge in [-0.3, -0.25) is 20.4 Å². The molecule has 1 fully saturated rings. The second-order valence-electron chi connectivity index (χ2n) is 6.95. The molecule has 7 nitrogen and oxygen atoms in total. The quantitative estimate of drug-likeness (QED) is 0.679. The first-order valence-corrected chi connectivity index (χ1v) is 11.2. The Morgan fingerprint density at radius 1 is 1.03 bits per heavy atom. The summed E-state index contributed by atoms with van der Waals surface area (Å²) in [6, 6.07) is 12.0. The van der Waals surface area contributed by atoms with Gasteiger partial charge in [0.05, 0.1) is 6.42 Å². The average Bonchev–Trinajstić information content (AvgIpc) is 2.74. The molecule has 0 radical (unpaired) electrons. The molecule has 0 spiro atoms. The third-order valence-corrected chi connectivity index (χ3v) is 7.07. The van der Waals surface area contributed by atoms with Crippen LogP contribution in [-0.4, -0.2) is 37.6 Å². The molecule has 2 N–H and O–H groups in total. The number of hydrogen-bond donors (Lipinski definition) is 2. The van der Waals surface area contributed by atoms with Gasteiger partial charge < -0.3 is 0 Å². The number of carbonyl (C=O) groups is 2. The van der Waals surface area contributed by atoms with Crippen LogP contribution in [0.4, 0.5) is 4.39 Å². The number of carbonyl (C=O) groups excluding carboxylic acids is 2. The third-order valence-electron chi connectivity index (χ3n) is 4.88. The molecule has 0 atom stereocenters. The van der Waals surface area contributed by atoms with Crippen LogP contribution in [0.3, 0.4) is 0 Å². The molecule has 0 saturated carbocycles. The van der Waals surface area contributed by atoms with Crippen molar-refractivity contribution >= 4 is 33.4 Å². The molecule has 1 saturated heterocycles. The molecule has 30 heavy (non-hydrogen) atoms. The van der Waals surface area contributed by atoms with Gasteiger partial charge in [0.2, 0.25) is 21.8 Å². The Hall–Kier alpha value is -2.49. The third kappa shape index (κ3) is 5.35. The number of halogens is 2. The maximum atomic E-state index is 13.9. The van der Waals surface area contributed by atoms with Gasteiger partial charge in [-0.2, -0.15) is 4.31 Å². The zero-order valence-corrected chi connectivity index (χ0v) is 17.5. The number of amides is 2. The van der Waals surface area contributed by atoms with Gasteiger partial charge in [0.1, 0.15) is 10.7 Å². The fourth-order valence-electron chi connectivity index (χ4n) is 3.22. The summed E-state index contributed by atoms with van der Waals surface area (Å²) in [5.41, 5.74) is 5.50. The lowest BCUT2D eigenvalue weighted by molar-refractivity contribution is -0.131. The molecular weight excluding hydrogens is 433 g/mol. The molecule has 0 aromatic heterocycles. The highest BCUT2D eigenvalue weighted by Crippen LogP contribution is 2.25. The van der Waals surface area contributed by atoms with Crippen LogP contribution in [0.2, 0.25) is 5.02 Å². The normalized spacial score (nSPS) is 15.5. The number of hydrogen-bond acceptors (Lipinski definition) is 4. The van der Waals surface area contributed by atoms with E-state index in [2.05, 4.69) is 10.9 Å². The van der Waals surface area contributed by atoms with E-state index in [1.54, 1.807) is 24.3 Å². The van der Waals surface area contributed by atoms with Gasteiger partial charge >= 0.3 is 0 Å². The van der Waals surface area contributed by atoms with Crippen molar-refractivity contribution < 1.29 is 22.4 Å². The number of rotatable bonds is 5. The highest BCUT2D eigenvalue weighted by atomic mass is 35.5. The monoisotopic (exact) mass is 453 g/mol. The van der Waals surface area contributed by atoms with Crippen LogP contribution in [0.15, 0.2) is 53.4 Å². The van der Waals surface area contributed by atoms with E-state index in [1.807, 2.05) is 0 Å². The van der Waals surface area contributed by atoms with E-state index in [0.717, 1.165) is 11.6 Å². The molecule has 160 valence electrons. The Bertz CT molecular complexity index is 1020. The molecule has 1 aliphatic rings. The molecular formula is C20H21ClFN3O4S. The standard InChI is InChI=1S/C20H21ClFN3O4S/c21-16-7-5-14(6-8-16)13-19(26)23-24-20(27)15-9-11-25(12-10-15)30(28,29)18-4-2-1-3-17(18)22/h1-8,15H,9-13H2,(H,23,26)(H,24,27). The summed E-state index contributed by atoms with van der Waals surface area (Å²) in [7, 11) is -3.96. The minimum atomic E-state index is -3.96. The Balaban J connectivity index is 1.48. The zero-order valence-electron chi connectivity index (χ0n) is 16.0. The molecule has 0 bridgehead atoms. The van der Waals surface area contributed by atoms with Crippen molar-refractivity contribution in [3.8, 4) is 0 Å². The first-order valence-electron chi connectivity index (χ1n) is 9.35. The van der Waals surface area contributed by atoms with E-state index in [-0.39, 0.29) is 49.1 Å². The first-order chi connectivity index (χ1) is 14.3. The van der Waals surface area contributed by atoms with Gasteiger partial charge in [0, 0.05) is 24.0 Å². The maximum Gasteiger partial charge on any atom is 0.245 e. The summed E-state index contributed by atoms with van der Waals surface area (Å²) in [4.78, 5) is 23.9. The molecule has 3 rings (SSSR count). The van der Waals surface area contributed by atoms with E-state index in [1.165, 1.54) is 22.5 Å². The van der Waals surface area contributed by atoms with Crippen LogP contribution in [0, 0.1) is 11.7 Å². The summed E-state index contributed by atoms with van der Waals surface area (Å²) in [6.07, 6.45) is 0.621. The van der Waals surface area contributed by atoms with Crippen LogP contribution >= 0.6 is 11.6 Å². The summed E-state index contributed by atoms with van der Waals surface area (Å²) in [6.45, 7) is 0.181. The van der Waals surface area contributed by atoms with Gasteiger partial charge in [-0.15, -0.1) is 0 Å². The van der Waals surface area contributed by atoms with Crippen molar-refractivity contribution in [3.63, 3.8) is 0 Å². The number of nitrogens with one attached hydrogen (secondary N) is 2. The SMILES string of the molecule is O=C(Cc1ccc(Cl)cc1)NNC(=O)C1CCN(S(=O)(=O)c2ccccc2F)CC1. The largest absolute Gasteiger partial charge is 0.273 e. The second-order valence-corrected chi connectivity index (χ2v) is 9.29. The molecule has 2 amide bonds. The summed E-state index contributed by atoms with van der Waals surface area (Å²) in [5.74, 6) is -2.03. The number of sulfonamides is 1. The number of piperidine rings is 1. The minimum absolute atomic E-state index is 0.0801. The van der Waals surface area contributed by atoms with Gasteiger partial charge in [-0.25, -0.2) is 12.8 Å². The van der Waals surface area contributed by atoms with Gasteiger partial charge in [0.15, 0.2) is 0 Å². The summed E-state index contributed by atoms with van der Waals surface area (Å²) in [5, 5.41) is 0.566. The lowest BCUT2D eigenvalue weighted by Crippen LogP contribution is -2.48. The van der Waals surface area contributed by atoms with Crippen LogP contribution < -0.4 is 10.9 Å². The molecule has 0 aliphatic carbocycles. The van der Waals surface area contributed by atoms with Crippen molar-refractivity contribution in [2.45, 2.75) is 24.2 Å². The summed E-state index contributed by atoms with van der Waals surface area (Å²) < 4.78 is 40.3. The number of nitrogens with zero attached hydrogens (tertiary/aromatic N) is 1. The van der Waals surface area contributed by atoms with E-state index in [9.17, 15) is 22.4 Å². The van der Waals surface area contributed by atoms with Gasteiger partial charge in [0.25, 0.3) is 0 Å².